The first-order valence-electron chi connectivity index (χ1n) is 5.02. The number of halogens is 1. The topological polar surface area (TPSA) is 29.5 Å². The molecule has 0 atom stereocenters. The number of ether oxygens (including phenoxy) is 1. The molecule has 1 rings (SSSR count). The first kappa shape index (κ1) is 12.5. The van der Waals surface area contributed by atoms with Crippen LogP contribution in [-0.2, 0) is 4.74 Å². The van der Waals surface area contributed by atoms with Crippen LogP contribution in [-0.4, -0.2) is 18.6 Å². The minimum atomic E-state index is -0.547. The molecule has 1 aromatic carbocycles. The fourth-order valence-electron chi connectivity index (χ4n) is 1.16. The molecule has 0 aliphatic carbocycles. The van der Waals surface area contributed by atoms with E-state index in [-0.39, 0.29) is 0 Å². The van der Waals surface area contributed by atoms with Crippen molar-refractivity contribution in [1.82, 2.24) is 0 Å². The van der Waals surface area contributed by atoms with Crippen LogP contribution in [0.2, 0.25) is 0 Å². The number of nitrogens with zero attached hydrogens (tertiary/aromatic N) is 1. The predicted molar refractivity (Wildman–Crippen MR) is 61.1 cm³/mol. The second-order valence-electron chi connectivity index (χ2n) is 4.53. The molecule has 0 heterocycles. The van der Waals surface area contributed by atoms with Gasteiger partial charge >= 0.3 is 5.97 Å². The van der Waals surface area contributed by atoms with Crippen molar-refractivity contribution < 1.29 is 14.0 Å². The molecule has 0 N–H and O–H groups in total. The summed E-state index contributed by atoms with van der Waals surface area (Å²) >= 11 is 0. The van der Waals surface area contributed by atoms with Crippen molar-refractivity contribution in [2.24, 2.45) is 0 Å². The van der Waals surface area contributed by atoms with Crippen LogP contribution in [0.25, 0.3) is 0 Å². The van der Waals surface area contributed by atoms with E-state index in [0.717, 1.165) is 0 Å². The summed E-state index contributed by atoms with van der Waals surface area (Å²) in [5.74, 6) is -0.448. The highest BCUT2D eigenvalue weighted by Crippen LogP contribution is 2.18. The zero-order valence-electron chi connectivity index (χ0n) is 9.95. The molecule has 0 bridgehead atoms. The Labute approximate surface area is 94.8 Å². The van der Waals surface area contributed by atoms with E-state index in [0.29, 0.717) is 16.4 Å². The molecule has 0 saturated heterocycles. The fourth-order valence-corrected chi connectivity index (χ4v) is 1.16. The van der Waals surface area contributed by atoms with E-state index in [9.17, 15) is 9.28 Å². The van der Waals surface area contributed by atoms with Gasteiger partial charge in [-0.2, -0.15) is 0 Å². The number of hydrogen-bond donors (Lipinski definition) is 0. The SMILES string of the molecule is CN(F)c1cccc(C(=O)OC(C)(C)C)c1. The van der Waals surface area contributed by atoms with Gasteiger partial charge in [-0.3, -0.25) is 0 Å². The Hall–Kier alpha value is -1.58. The average Bonchev–Trinajstić information content (AvgIpc) is 2.15. The van der Waals surface area contributed by atoms with E-state index in [1.807, 2.05) is 0 Å². The molecule has 16 heavy (non-hydrogen) atoms. The molecular weight excluding hydrogens is 209 g/mol. The summed E-state index contributed by atoms with van der Waals surface area (Å²) in [7, 11) is 1.27. The number of esters is 1. The molecule has 88 valence electrons. The molecule has 0 aliphatic rings. The zero-order chi connectivity index (χ0) is 12.3. The largest absolute Gasteiger partial charge is 0.456 e. The Bertz CT molecular complexity index is 383. The molecule has 1 aromatic rings. The van der Waals surface area contributed by atoms with Crippen LogP contribution in [0.15, 0.2) is 24.3 Å². The van der Waals surface area contributed by atoms with E-state index in [1.165, 1.54) is 13.1 Å². The van der Waals surface area contributed by atoms with Crippen molar-refractivity contribution >= 4 is 11.7 Å². The third-order valence-electron chi connectivity index (χ3n) is 1.84. The molecule has 0 saturated carbocycles. The van der Waals surface area contributed by atoms with Crippen LogP contribution in [0.3, 0.4) is 0 Å². The standard InChI is InChI=1S/C12H16FNO2/c1-12(2,3)16-11(15)9-6-5-7-10(8-9)14(4)13/h5-8H,1-4H3. The lowest BCUT2D eigenvalue weighted by molar-refractivity contribution is 0.00696. The number of rotatable bonds is 2. The summed E-state index contributed by atoms with van der Waals surface area (Å²) in [4.78, 5) is 11.7. The van der Waals surface area contributed by atoms with Crippen LogP contribution >= 0.6 is 0 Å². The summed E-state index contributed by atoms with van der Waals surface area (Å²) < 4.78 is 18.1. The normalized spacial score (nSPS) is 11.1. The van der Waals surface area contributed by atoms with Gasteiger partial charge in [0.1, 0.15) is 5.60 Å². The van der Waals surface area contributed by atoms with Crippen molar-refractivity contribution in [3.63, 3.8) is 0 Å². The maximum absolute atomic E-state index is 12.9. The number of benzene rings is 1. The Morgan fingerprint density at radius 3 is 2.50 bits per heavy atom. The highest BCUT2D eigenvalue weighted by molar-refractivity contribution is 5.90. The molecule has 0 aliphatic heterocycles. The molecule has 3 nitrogen and oxygen atoms in total. The van der Waals surface area contributed by atoms with Gasteiger partial charge in [0.05, 0.1) is 11.3 Å². The quantitative estimate of drug-likeness (QED) is 0.572. The van der Waals surface area contributed by atoms with Gasteiger partial charge in [0.15, 0.2) is 0 Å². The Kier molecular flexibility index (Phi) is 3.52. The van der Waals surface area contributed by atoms with Gasteiger partial charge in [-0.1, -0.05) is 6.07 Å². The van der Waals surface area contributed by atoms with Crippen LogP contribution in [0, 0.1) is 0 Å². The van der Waals surface area contributed by atoms with Gasteiger partial charge in [-0.15, -0.1) is 4.48 Å². The number of anilines is 1. The molecule has 0 unspecified atom stereocenters. The van der Waals surface area contributed by atoms with Gasteiger partial charge in [0, 0.05) is 7.05 Å². The van der Waals surface area contributed by atoms with Gasteiger partial charge in [-0.05, 0) is 39.0 Å². The van der Waals surface area contributed by atoms with E-state index < -0.39 is 11.6 Å². The lowest BCUT2D eigenvalue weighted by atomic mass is 10.1. The minimum Gasteiger partial charge on any atom is -0.456 e. The van der Waals surface area contributed by atoms with Crippen molar-refractivity contribution in [2.45, 2.75) is 26.4 Å². The molecule has 0 radical (unpaired) electrons. The minimum absolute atomic E-state index is 0.323. The Morgan fingerprint density at radius 2 is 2.00 bits per heavy atom. The molecule has 0 spiro atoms. The highest BCUT2D eigenvalue weighted by atomic mass is 19.2. The third kappa shape index (κ3) is 3.53. The number of hydrogen-bond acceptors (Lipinski definition) is 3. The van der Waals surface area contributed by atoms with Crippen molar-refractivity contribution in [2.75, 3.05) is 12.2 Å². The molecular formula is C12H16FNO2. The maximum Gasteiger partial charge on any atom is 0.338 e. The van der Waals surface area contributed by atoms with Crippen molar-refractivity contribution in [3.05, 3.63) is 29.8 Å². The smallest absolute Gasteiger partial charge is 0.338 e. The monoisotopic (exact) mass is 225 g/mol. The van der Waals surface area contributed by atoms with E-state index >= 15 is 0 Å². The predicted octanol–water partition coefficient (Wildman–Crippen LogP) is 2.96. The molecule has 0 amide bonds. The maximum atomic E-state index is 12.9. The number of carbonyl (C=O) groups excluding carboxylic acids is 1. The van der Waals surface area contributed by atoms with Crippen molar-refractivity contribution in [1.29, 1.82) is 0 Å². The van der Waals surface area contributed by atoms with Gasteiger partial charge in [0.25, 0.3) is 0 Å². The van der Waals surface area contributed by atoms with Crippen LogP contribution in [0.5, 0.6) is 0 Å². The lowest BCUT2D eigenvalue weighted by Gasteiger charge is -2.19. The zero-order valence-corrected chi connectivity index (χ0v) is 9.95. The van der Waals surface area contributed by atoms with Crippen molar-refractivity contribution in [3.8, 4) is 0 Å². The van der Waals surface area contributed by atoms with E-state index in [4.69, 9.17) is 4.74 Å². The lowest BCUT2D eigenvalue weighted by Crippen LogP contribution is -2.24. The van der Waals surface area contributed by atoms with E-state index in [2.05, 4.69) is 0 Å². The number of carbonyl (C=O) groups is 1. The molecule has 4 heteroatoms. The van der Waals surface area contributed by atoms with Crippen LogP contribution < -0.4 is 5.12 Å². The Morgan fingerprint density at radius 1 is 1.38 bits per heavy atom. The second kappa shape index (κ2) is 4.51. The van der Waals surface area contributed by atoms with Gasteiger partial charge < -0.3 is 4.74 Å². The molecule has 0 aromatic heterocycles. The third-order valence-corrected chi connectivity index (χ3v) is 1.84. The van der Waals surface area contributed by atoms with Gasteiger partial charge in [0.2, 0.25) is 0 Å². The summed E-state index contributed by atoms with van der Waals surface area (Å²) in [5, 5.41) is 0.452. The summed E-state index contributed by atoms with van der Waals surface area (Å²) in [6.07, 6.45) is 0. The average molecular weight is 225 g/mol. The first-order valence-corrected chi connectivity index (χ1v) is 5.02. The van der Waals surface area contributed by atoms with Gasteiger partial charge in [-0.25, -0.2) is 9.92 Å². The molecule has 0 fully saturated rings. The van der Waals surface area contributed by atoms with E-state index in [1.54, 1.807) is 39.0 Å². The van der Waals surface area contributed by atoms with Crippen LogP contribution in [0.4, 0.5) is 10.2 Å². The summed E-state index contributed by atoms with van der Waals surface area (Å²) in [5.41, 5.74) is 0.120. The summed E-state index contributed by atoms with van der Waals surface area (Å²) in [6, 6.07) is 6.24. The first-order chi connectivity index (χ1) is 7.29. The fraction of sp³-hybridized carbons (Fsp3) is 0.417. The highest BCUT2D eigenvalue weighted by Gasteiger charge is 2.18. The van der Waals surface area contributed by atoms with Crippen LogP contribution in [0.1, 0.15) is 31.1 Å². The summed E-state index contributed by atoms with van der Waals surface area (Å²) in [6.45, 7) is 5.36. The second-order valence-corrected chi connectivity index (χ2v) is 4.53. The Balaban J connectivity index is 2.88.